The van der Waals surface area contributed by atoms with E-state index in [0.717, 1.165) is 32.7 Å². The molecule has 37 heavy (non-hydrogen) atoms. The SMILES string of the molecule is O=C(Nc1ccc([S+](=O)(O)N2CCOCC2)cc1)c1ccc(CN2CCN(c3ccccc3)CC2)cc1. The number of carbonyl (C=O) groups excluding carboxylic acids is 1. The Morgan fingerprint density at radius 2 is 1.49 bits per heavy atom. The number of rotatable bonds is 7. The van der Waals surface area contributed by atoms with Crippen LogP contribution in [0.5, 0.6) is 0 Å². The van der Waals surface area contributed by atoms with Crippen LogP contribution < -0.4 is 10.2 Å². The number of anilines is 2. The standard InChI is InChI=1S/C28H32N4O4S/c33-28(29-25-10-12-27(13-11-25)37(34,35)32-18-20-36-21-19-32)24-8-6-23(7-9-24)22-30-14-16-31(17-15-30)26-4-2-1-3-5-26/h1-13H,14-22H2,(H-,29,33,34,35)/p+1. The van der Waals surface area contributed by atoms with E-state index in [-0.39, 0.29) is 5.91 Å². The summed E-state index contributed by atoms with van der Waals surface area (Å²) < 4.78 is 30.3. The van der Waals surface area contributed by atoms with Crippen molar-refractivity contribution >= 4 is 27.7 Å². The summed E-state index contributed by atoms with van der Waals surface area (Å²) in [6.45, 7) is 6.56. The third-order valence-corrected chi connectivity index (χ3v) is 8.81. The zero-order chi connectivity index (χ0) is 25.7. The summed E-state index contributed by atoms with van der Waals surface area (Å²) in [4.78, 5) is 17.9. The molecular weight excluding hydrogens is 488 g/mol. The number of benzene rings is 3. The molecule has 0 spiro atoms. The highest BCUT2D eigenvalue weighted by Gasteiger charge is 2.39. The lowest BCUT2D eigenvalue weighted by Crippen LogP contribution is -2.45. The van der Waals surface area contributed by atoms with E-state index in [1.54, 1.807) is 24.3 Å². The maximum atomic E-state index is 12.9. The van der Waals surface area contributed by atoms with Crippen molar-refractivity contribution in [1.29, 1.82) is 0 Å². The smallest absolute Gasteiger partial charge is 0.325 e. The number of hydrogen-bond donors (Lipinski definition) is 2. The van der Waals surface area contributed by atoms with Gasteiger partial charge < -0.3 is 15.0 Å². The van der Waals surface area contributed by atoms with Gasteiger partial charge in [-0.05, 0) is 46.2 Å². The molecule has 0 saturated carbocycles. The minimum Gasteiger partial charge on any atom is -0.378 e. The summed E-state index contributed by atoms with van der Waals surface area (Å²) in [7, 11) is -3.31. The van der Waals surface area contributed by atoms with Crippen LogP contribution in [0.2, 0.25) is 0 Å². The summed E-state index contributed by atoms with van der Waals surface area (Å²) in [5, 5.41) is 2.87. The van der Waals surface area contributed by atoms with Gasteiger partial charge in [-0.15, -0.1) is 0 Å². The average molecular weight is 522 g/mol. The minimum atomic E-state index is -3.31. The summed E-state index contributed by atoms with van der Waals surface area (Å²) >= 11 is 0. The molecule has 0 bridgehead atoms. The van der Waals surface area contributed by atoms with Gasteiger partial charge in [0.05, 0.1) is 26.3 Å². The molecule has 1 amide bonds. The number of carbonyl (C=O) groups is 1. The van der Waals surface area contributed by atoms with E-state index in [1.807, 2.05) is 30.3 Å². The van der Waals surface area contributed by atoms with Crippen molar-refractivity contribution in [2.24, 2.45) is 0 Å². The molecular formula is C28H33N4O4S+. The fourth-order valence-corrected chi connectivity index (χ4v) is 6.12. The number of morpholine rings is 1. The number of piperazine rings is 1. The second-order valence-electron chi connectivity index (χ2n) is 9.31. The highest BCUT2D eigenvalue weighted by Crippen LogP contribution is 2.24. The van der Waals surface area contributed by atoms with Crippen molar-refractivity contribution in [3.8, 4) is 0 Å². The molecule has 1 atom stereocenters. The third kappa shape index (κ3) is 6.26. The van der Waals surface area contributed by atoms with Gasteiger partial charge in [0.2, 0.25) is 4.90 Å². The van der Waals surface area contributed by atoms with Crippen molar-refractivity contribution in [2.75, 3.05) is 62.7 Å². The van der Waals surface area contributed by atoms with Crippen molar-refractivity contribution in [3.05, 3.63) is 90.0 Å². The van der Waals surface area contributed by atoms with Crippen LogP contribution in [0.1, 0.15) is 15.9 Å². The van der Waals surface area contributed by atoms with Crippen LogP contribution in [0, 0.1) is 0 Å². The van der Waals surface area contributed by atoms with Gasteiger partial charge in [-0.1, -0.05) is 34.6 Å². The highest BCUT2D eigenvalue weighted by atomic mass is 32.3. The fraction of sp³-hybridized carbons (Fsp3) is 0.321. The summed E-state index contributed by atoms with van der Waals surface area (Å²) in [5.74, 6) is -0.214. The van der Waals surface area contributed by atoms with Gasteiger partial charge in [-0.25, -0.2) is 0 Å². The van der Waals surface area contributed by atoms with Crippen LogP contribution in [-0.2, 0) is 25.9 Å². The summed E-state index contributed by atoms with van der Waals surface area (Å²) in [6, 6.07) is 24.7. The Morgan fingerprint density at radius 3 is 2.14 bits per heavy atom. The number of hydrogen-bond acceptors (Lipinski definition) is 5. The maximum Gasteiger partial charge on any atom is 0.325 e. The molecule has 8 nitrogen and oxygen atoms in total. The summed E-state index contributed by atoms with van der Waals surface area (Å²) in [6.07, 6.45) is 0. The lowest BCUT2D eigenvalue weighted by molar-refractivity contribution is 0.0700. The van der Waals surface area contributed by atoms with Gasteiger partial charge in [0.25, 0.3) is 5.91 Å². The molecule has 0 radical (unpaired) electrons. The van der Waals surface area contributed by atoms with Gasteiger partial charge >= 0.3 is 10.4 Å². The number of amides is 1. The Hall–Kier alpha value is -3.08. The zero-order valence-corrected chi connectivity index (χ0v) is 21.6. The molecule has 2 heterocycles. The first kappa shape index (κ1) is 25.6. The van der Waals surface area contributed by atoms with Gasteiger partial charge in [0.15, 0.2) is 0 Å². The van der Waals surface area contributed by atoms with E-state index in [0.29, 0.717) is 42.4 Å². The molecule has 1 unspecified atom stereocenters. The van der Waals surface area contributed by atoms with Gasteiger partial charge in [0, 0.05) is 61.8 Å². The molecule has 5 rings (SSSR count). The van der Waals surface area contributed by atoms with E-state index < -0.39 is 10.4 Å². The number of ether oxygens (including phenoxy) is 1. The normalized spacial score (nSPS) is 18.8. The molecule has 2 N–H and O–H groups in total. The van der Waals surface area contributed by atoms with E-state index in [9.17, 15) is 13.6 Å². The molecule has 2 aliphatic heterocycles. The molecule has 0 aromatic heterocycles. The first-order chi connectivity index (χ1) is 18.0. The second kappa shape index (κ2) is 11.5. The van der Waals surface area contributed by atoms with Gasteiger partial charge in [0.1, 0.15) is 0 Å². The highest BCUT2D eigenvalue weighted by molar-refractivity contribution is 7.95. The van der Waals surface area contributed by atoms with Crippen molar-refractivity contribution < 1.29 is 18.3 Å². The Bertz CT molecular complexity index is 1220. The van der Waals surface area contributed by atoms with Crippen molar-refractivity contribution in [1.82, 2.24) is 9.21 Å². The average Bonchev–Trinajstić information content (AvgIpc) is 2.95. The van der Waals surface area contributed by atoms with Crippen molar-refractivity contribution in [2.45, 2.75) is 11.4 Å². The Kier molecular flexibility index (Phi) is 7.97. The van der Waals surface area contributed by atoms with Crippen LogP contribution in [-0.4, -0.2) is 72.1 Å². The van der Waals surface area contributed by atoms with E-state index in [1.165, 1.54) is 15.6 Å². The van der Waals surface area contributed by atoms with Crippen LogP contribution in [0.4, 0.5) is 11.4 Å². The second-order valence-corrected chi connectivity index (χ2v) is 11.3. The van der Waals surface area contributed by atoms with E-state index in [4.69, 9.17) is 4.74 Å². The van der Waals surface area contributed by atoms with Crippen molar-refractivity contribution in [3.63, 3.8) is 0 Å². The predicted octanol–water partition coefficient (Wildman–Crippen LogP) is 3.84. The minimum absolute atomic E-state index is 0.214. The summed E-state index contributed by atoms with van der Waals surface area (Å²) in [5.41, 5.74) is 3.59. The molecule has 194 valence electrons. The third-order valence-electron chi connectivity index (χ3n) is 6.86. The molecule has 2 fully saturated rings. The Morgan fingerprint density at radius 1 is 0.838 bits per heavy atom. The Labute approximate surface area is 219 Å². The topological polar surface area (TPSA) is 85.3 Å². The molecule has 3 aromatic rings. The molecule has 9 heteroatoms. The monoisotopic (exact) mass is 521 g/mol. The largest absolute Gasteiger partial charge is 0.378 e. The molecule has 2 saturated heterocycles. The number of nitrogens with one attached hydrogen (secondary N) is 1. The van der Waals surface area contributed by atoms with E-state index in [2.05, 4.69) is 39.4 Å². The predicted molar refractivity (Wildman–Crippen MR) is 146 cm³/mol. The van der Waals surface area contributed by atoms with Crippen LogP contribution >= 0.6 is 0 Å². The van der Waals surface area contributed by atoms with Crippen LogP contribution in [0.3, 0.4) is 0 Å². The van der Waals surface area contributed by atoms with E-state index >= 15 is 0 Å². The zero-order valence-electron chi connectivity index (χ0n) is 20.8. The maximum absolute atomic E-state index is 12.9. The quantitative estimate of drug-likeness (QED) is 0.460. The number of para-hydroxylation sites is 1. The first-order valence-corrected chi connectivity index (χ1v) is 14.1. The van der Waals surface area contributed by atoms with Gasteiger partial charge in [-0.2, -0.15) is 4.55 Å². The lowest BCUT2D eigenvalue weighted by Gasteiger charge is -2.36. The number of nitrogens with zero attached hydrogens (tertiary/aromatic N) is 3. The lowest BCUT2D eigenvalue weighted by atomic mass is 10.1. The van der Waals surface area contributed by atoms with Crippen LogP contribution in [0.15, 0.2) is 83.8 Å². The molecule has 2 aliphatic rings. The fourth-order valence-electron chi connectivity index (χ4n) is 4.68. The van der Waals surface area contributed by atoms with Gasteiger partial charge in [-0.3, -0.25) is 9.69 Å². The molecule has 3 aromatic carbocycles. The Balaban J connectivity index is 1.13. The molecule has 0 aliphatic carbocycles. The first-order valence-electron chi connectivity index (χ1n) is 12.6. The van der Waals surface area contributed by atoms with Crippen LogP contribution in [0.25, 0.3) is 0 Å².